The molecule has 1 aliphatic rings. The third-order valence-electron chi connectivity index (χ3n) is 7.13. The number of likely N-dealkylation sites (tertiary alicyclic amines) is 1. The zero-order chi connectivity index (χ0) is 27.4. The fourth-order valence-corrected chi connectivity index (χ4v) is 5.26. The number of piperidine rings is 1. The van der Waals surface area contributed by atoms with Crippen molar-refractivity contribution in [2.75, 3.05) is 26.7 Å². The summed E-state index contributed by atoms with van der Waals surface area (Å²) in [5.74, 6) is 0.438. The highest BCUT2D eigenvalue weighted by molar-refractivity contribution is 5.90. The van der Waals surface area contributed by atoms with Crippen molar-refractivity contribution in [2.45, 2.75) is 32.2 Å². The predicted molar refractivity (Wildman–Crippen MR) is 149 cm³/mol. The lowest BCUT2D eigenvalue weighted by molar-refractivity contribution is 0.143. The first-order valence-corrected chi connectivity index (χ1v) is 13.2. The molecule has 1 amide bonds. The van der Waals surface area contributed by atoms with Gasteiger partial charge in [0.25, 0.3) is 0 Å². The summed E-state index contributed by atoms with van der Waals surface area (Å²) in [6.07, 6.45) is 5.45. The largest absolute Gasteiger partial charge is 0.465 e. The van der Waals surface area contributed by atoms with Gasteiger partial charge in [-0.15, -0.1) is 0 Å². The summed E-state index contributed by atoms with van der Waals surface area (Å²) in [5, 5.41) is 20.8. The Balaban J connectivity index is 1.53. The third-order valence-corrected chi connectivity index (χ3v) is 7.13. The lowest BCUT2D eigenvalue weighted by Gasteiger charge is -2.29. The lowest BCUT2D eigenvalue weighted by atomic mass is 9.97. The van der Waals surface area contributed by atoms with Crippen LogP contribution in [0.5, 0.6) is 6.01 Å². The summed E-state index contributed by atoms with van der Waals surface area (Å²) in [6, 6.07) is 17.9. The second-order valence-electron chi connectivity index (χ2n) is 10.3. The Morgan fingerprint density at radius 2 is 1.95 bits per heavy atom. The van der Waals surface area contributed by atoms with Crippen LogP contribution in [0.4, 0.5) is 4.79 Å². The van der Waals surface area contributed by atoms with E-state index in [-0.39, 0.29) is 6.04 Å². The van der Waals surface area contributed by atoms with Crippen LogP contribution >= 0.6 is 0 Å². The molecule has 3 heterocycles. The Labute approximate surface area is 227 Å². The standard InChI is InChI=1S/C30H32N6O3/c1-20(33-30(37)38)16-21-5-9-24(10-6-21)26-27(25-11-7-22(17-31)8-12-25)34-29(36-15-13-32-28(26)36)39-19-23-4-3-14-35(2)18-23/h5-13,15,20,23,33H,3-4,14,16,18-19H2,1-2H3,(H,37,38)/t20?,23-/m1/s1. The van der Waals surface area contributed by atoms with Crippen molar-refractivity contribution in [3.05, 3.63) is 72.1 Å². The first-order valence-electron chi connectivity index (χ1n) is 13.2. The van der Waals surface area contributed by atoms with Crippen LogP contribution < -0.4 is 10.1 Å². The Bertz CT molecular complexity index is 1490. The summed E-state index contributed by atoms with van der Waals surface area (Å²) >= 11 is 0. The molecule has 2 atom stereocenters. The molecule has 9 heteroatoms. The van der Waals surface area contributed by atoms with Crippen LogP contribution in [0, 0.1) is 17.2 Å². The van der Waals surface area contributed by atoms with Crippen LogP contribution in [0.1, 0.15) is 30.9 Å². The van der Waals surface area contributed by atoms with Crippen LogP contribution in [0.25, 0.3) is 28.0 Å². The molecule has 2 aromatic heterocycles. The van der Waals surface area contributed by atoms with Gasteiger partial charge in [-0.05, 0) is 63.0 Å². The topological polar surface area (TPSA) is 116 Å². The molecule has 2 N–H and O–H groups in total. The molecular formula is C30H32N6O3. The molecule has 0 radical (unpaired) electrons. The number of rotatable bonds is 8. The third kappa shape index (κ3) is 6.02. The molecule has 1 aliphatic heterocycles. The van der Waals surface area contributed by atoms with E-state index in [2.05, 4.69) is 23.3 Å². The monoisotopic (exact) mass is 524 g/mol. The quantitative estimate of drug-likeness (QED) is 0.338. The van der Waals surface area contributed by atoms with Gasteiger partial charge in [-0.3, -0.25) is 4.40 Å². The Morgan fingerprint density at radius 1 is 1.21 bits per heavy atom. The molecule has 0 bridgehead atoms. The fraction of sp³-hybridized carbons (Fsp3) is 0.333. The average Bonchev–Trinajstić information content (AvgIpc) is 3.42. The smallest absolute Gasteiger partial charge is 0.404 e. The molecule has 200 valence electrons. The van der Waals surface area contributed by atoms with Crippen molar-refractivity contribution >= 4 is 11.7 Å². The Kier molecular flexibility index (Phi) is 7.75. The second kappa shape index (κ2) is 11.5. The number of imidazole rings is 1. The Hall–Kier alpha value is -4.42. The maximum absolute atomic E-state index is 11.0. The number of nitriles is 1. The highest BCUT2D eigenvalue weighted by Gasteiger charge is 2.22. The summed E-state index contributed by atoms with van der Waals surface area (Å²) in [7, 11) is 2.14. The van der Waals surface area contributed by atoms with E-state index in [1.807, 2.05) is 53.9 Å². The lowest BCUT2D eigenvalue weighted by Crippen LogP contribution is -2.35. The second-order valence-corrected chi connectivity index (χ2v) is 10.3. The van der Waals surface area contributed by atoms with Gasteiger partial charge in [-0.2, -0.15) is 10.2 Å². The summed E-state index contributed by atoms with van der Waals surface area (Å²) in [6.45, 7) is 4.54. The number of carboxylic acid groups (broad SMARTS) is 1. The van der Waals surface area contributed by atoms with Gasteiger partial charge in [0, 0.05) is 36.5 Å². The van der Waals surface area contributed by atoms with E-state index >= 15 is 0 Å². The maximum Gasteiger partial charge on any atom is 0.404 e. The van der Waals surface area contributed by atoms with E-state index in [0.29, 0.717) is 30.5 Å². The zero-order valence-electron chi connectivity index (χ0n) is 22.2. The minimum absolute atomic E-state index is 0.205. The summed E-state index contributed by atoms with van der Waals surface area (Å²) in [4.78, 5) is 23.0. The summed E-state index contributed by atoms with van der Waals surface area (Å²) < 4.78 is 8.23. The van der Waals surface area contributed by atoms with E-state index in [1.165, 1.54) is 0 Å². The van der Waals surface area contributed by atoms with Gasteiger partial charge in [0.05, 0.1) is 29.5 Å². The highest BCUT2D eigenvalue weighted by atomic mass is 16.5. The number of benzene rings is 2. The number of hydrogen-bond donors (Lipinski definition) is 2. The molecule has 4 aromatic rings. The number of amides is 1. The van der Waals surface area contributed by atoms with Crippen molar-refractivity contribution in [1.29, 1.82) is 5.26 Å². The fourth-order valence-electron chi connectivity index (χ4n) is 5.26. The first kappa shape index (κ1) is 26.2. The van der Waals surface area contributed by atoms with Crippen molar-refractivity contribution < 1.29 is 14.6 Å². The van der Waals surface area contributed by atoms with Gasteiger partial charge in [0.2, 0.25) is 0 Å². The SMILES string of the molecule is CC(Cc1ccc(-c2c(-c3ccc(C#N)cc3)nc(OC[C@@H]3CCCN(C)C3)n3ccnc23)cc1)NC(=O)O. The van der Waals surface area contributed by atoms with Gasteiger partial charge >= 0.3 is 12.1 Å². The van der Waals surface area contributed by atoms with E-state index in [4.69, 9.17) is 19.8 Å². The number of ether oxygens (including phenoxy) is 1. The minimum Gasteiger partial charge on any atom is -0.465 e. The Morgan fingerprint density at radius 3 is 2.64 bits per heavy atom. The van der Waals surface area contributed by atoms with E-state index in [9.17, 15) is 10.1 Å². The molecular weight excluding hydrogens is 492 g/mol. The van der Waals surface area contributed by atoms with Gasteiger partial charge in [-0.25, -0.2) is 9.78 Å². The molecule has 39 heavy (non-hydrogen) atoms. The first-order chi connectivity index (χ1) is 18.9. The maximum atomic E-state index is 11.0. The molecule has 0 saturated carbocycles. The van der Waals surface area contributed by atoms with Crippen LogP contribution in [0.3, 0.4) is 0 Å². The van der Waals surface area contributed by atoms with Gasteiger partial charge in [0.1, 0.15) is 0 Å². The van der Waals surface area contributed by atoms with Crippen molar-refractivity contribution in [3.8, 4) is 34.5 Å². The van der Waals surface area contributed by atoms with Gasteiger partial charge in [0.15, 0.2) is 5.65 Å². The number of nitrogens with one attached hydrogen (secondary N) is 1. The number of nitrogens with zero attached hydrogens (tertiary/aromatic N) is 5. The molecule has 0 spiro atoms. The number of hydrogen-bond acceptors (Lipinski definition) is 6. The molecule has 1 fully saturated rings. The van der Waals surface area contributed by atoms with Crippen molar-refractivity contribution in [3.63, 3.8) is 0 Å². The minimum atomic E-state index is -1.03. The van der Waals surface area contributed by atoms with Crippen LogP contribution in [-0.4, -0.2) is 63.3 Å². The molecule has 1 saturated heterocycles. The van der Waals surface area contributed by atoms with Crippen molar-refractivity contribution in [2.24, 2.45) is 5.92 Å². The van der Waals surface area contributed by atoms with E-state index in [0.717, 1.165) is 59.5 Å². The van der Waals surface area contributed by atoms with E-state index in [1.54, 1.807) is 18.3 Å². The number of aromatic nitrogens is 3. The highest BCUT2D eigenvalue weighted by Crippen LogP contribution is 2.36. The number of carbonyl (C=O) groups is 1. The van der Waals surface area contributed by atoms with Gasteiger partial charge in [-0.1, -0.05) is 36.4 Å². The normalized spacial score (nSPS) is 16.5. The van der Waals surface area contributed by atoms with Gasteiger partial charge < -0.3 is 20.1 Å². The molecule has 9 nitrogen and oxygen atoms in total. The molecule has 2 aromatic carbocycles. The zero-order valence-corrected chi connectivity index (χ0v) is 22.2. The number of fused-ring (bicyclic) bond motifs is 1. The molecule has 5 rings (SSSR count). The molecule has 0 aliphatic carbocycles. The van der Waals surface area contributed by atoms with Crippen LogP contribution in [0.15, 0.2) is 60.9 Å². The van der Waals surface area contributed by atoms with E-state index < -0.39 is 6.09 Å². The van der Waals surface area contributed by atoms with Crippen LogP contribution in [-0.2, 0) is 6.42 Å². The average molecular weight is 525 g/mol. The van der Waals surface area contributed by atoms with Crippen molar-refractivity contribution in [1.82, 2.24) is 24.6 Å². The molecule has 1 unspecified atom stereocenters. The van der Waals surface area contributed by atoms with Crippen LogP contribution in [0.2, 0.25) is 0 Å². The summed E-state index contributed by atoms with van der Waals surface area (Å²) in [5.41, 5.74) is 5.70. The predicted octanol–water partition coefficient (Wildman–Crippen LogP) is 4.85.